The third kappa shape index (κ3) is 3.08. The van der Waals surface area contributed by atoms with Gasteiger partial charge in [-0.3, -0.25) is 9.59 Å². The first-order valence-corrected chi connectivity index (χ1v) is 12.2. The van der Waals surface area contributed by atoms with E-state index in [1.165, 1.54) is 31.2 Å². The number of carbonyl (C=O) groups excluding carboxylic acids is 2. The van der Waals surface area contributed by atoms with E-state index in [4.69, 9.17) is 4.74 Å². The highest BCUT2D eigenvalue weighted by Crippen LogP contribution is 2.68. The van der Waals surface area contributed by atoms with Gasteiger partial charge in [0.25, 0.3) is 0 Å². The molecule has 4 fully saturated rings. The van der Waals surface area contributed by atoms with E-state index in [0.29, 0.717) is 36.0 Å². The molecule has 1 aliphatic heterocycles. The van der Waals surface area contributed by atoms with Crippen LogP contribution in [-0.4, -0.2) is 17.9 Å². The normalized spacial score (nSPS) is 43.9. The van der Waals surface area contributed by atoms with E-state index in [-0.39, 0.29) is 23.3 Å². The van der Waals surface area contributed by atoms with E-state index in [2.05, 4.69) is 50.4 Å². The second-order valence-corrected chi connectivity index (χ2v) is 11.5. The Hall–Kier alpha value is -1.84. The number of nitrogens with one attached hydrogen (secondary N) is 1. The second kappa shape index (κ2) is 7.08. The summed E-state index contributed by atoms with van der Waals surface area (Å²) >= 11 is 0. The van der Waals surface area contributed by atoms with Crippen molar-refractivity contribution in [1.29, 1.82) is 0 Å². The lowest BCUT2D eigenvalue weighted by Crippen LogP contribution is -2.68. The zero-order chi connectivity index (χ0) is 22.0. The summed E-state index contributed by atoms with van der Waals surface area (Å²) in [6.45, 7) is 8.53. The van der Waals surface area contributed by atoms with Crippen LogP contribution in [0.2, 0.25) is 0 Å². The van der Waals surface area contributed by atoms with Crippen molar-refractivity contribution in [2.45, 2.75) is 90.7 Å². The van der Waals surface area contributed by atoms with Crippen LogP contribution in [0.15, 0.2) is 24.3 Å². The summed E-state index contributed by atoms with van der Waals surface area (Å²) in [6.07, 6.45) is 8.42. The quantitative estimate of drug-likeness (QED) is 0.659. The summed E-state index contributed by atoms with van der Waals surface area (Å²) in [5.74, 6) is 1.24. The molecule has 1 heterocycles. The smallest absolute Gasteiger partial charge is 0.303 e. The Kier molecular flexibility index (Phi) is 4.80. The van der Waals surface area contributed by atoms with Crippen LogP contribution in [0, 0.1) is 35.5 Å². The molecule has 4 nitrogen and oxygen atoms in total. The van der Waals surface area contributed by atoms with Gasteiger partial charge in [-0.25, -0.2) is 0 Å². The molecule has 168 valence electrons. The Morgan fingerprint density at radius 2 is 1.81 bits per heavy atom. The molecule has 31 heavy (non-hydrogen) atoms. The van der Waals surface area contributed by atoms with Crippen molar-refractivity contribution < 1.29 is 14.3 Å². The van der Waals surface area contributed by atoms with Gasteiger partial charge in [-0.1, -0.05) is 50.1 Å². The molecule has 7 atom stereocenters. The van der Waals surface area contributed by atoms with Crippen LogP contribution in [0.1, 0.15) is 83.3 Å². The third-order valence-corrected chi connectivity index (χ3v) is 9.83. The van der Waals surface area contributed by atoms with Gasteiger partial charge in [-0.2, -0.15) is 0 Å². The molecule has 1 N–H and O–H groups in total. The molecule has 5 rings (SSSR count). The number of fused-ring (bicyclic) bond motifs is 5. The summed E-state index contributed by atoms with van der Waals surface area (Å²) < 4.78 is 6.47. The first kappa shape index (κ1) is 21.0. The molecule has 4 aliphatic rings. The lowest BCUT2D eigenvalue weighted by molar-refractivity contribution is -0.221. The van der Waals surface area contributed by atoms with Crippen molar-refractivity contribution in [1.82, 2.24) is 5.32 Å². The number of carbonyl (C=O) groups is 2. The van der Waals surface area contributed by atoms with Crippen LogP contribution in [0.4, 0.5) is 0 Å². The topological polar surface area (TPSA) is 55.4 Å². The fourth-order valence-electron chi connectivity index (χ4n) is 8.25. The number of ether oxygens (including phenoxy) is 1. The number of aryl methyl sites for hydroxylation is 1. The van der Waals surface area contributed by atoms with Gasteiger partial charge in [-0.05, 0) is 67.3 Å². The van der Waals surface area contributed by atoms with Crippen LogP contribution < -0.4 is 5.32 Å². The fraction of sp³-hybridized carbons (Fsp3) is 0.704. The maximum Gasteiger partial charge on any atom is 0.303 e. The second-order valence-electron chi connectivity index (χ2n) is 11.5. The first-order chi connectivity index (χ1) is 14.7. The van der Waals surface area contributed by atoms with E-state index in [9.17, 15) is 9.59 Å². The summed E-state index contributed by atoms with van der Waals surface area (Å²) in [6, 6.07) is 8.66. The maximum atomic E-state index is 12.6. The molecule has 0 unspecified atom stereocenters. The van der Waals surface area contributed by atoms with Crippen LogP contribution in [0.25, 0.3) is 0 Å². The number of hydrogen-bond donors (Lipinski definition) is 1. The maximum absolute atomic E-state index is 12.6. The Morgan fingerprint density at radius 3 is 2.52 bits per heavy atom. The van der Waals surface area contributed by atoms with Crippen molar-refractivity contribution in [3.05, 3.63) is 35.4 Å². The van der Waals surface area contributed by atoms with Crippen molar-refractivity contribution in [3.8, 4) is 0 Å². The number of hydrogen-bond acceptors (Lipinski definition) is 3. The number of benzene rings is 1. The van der Waals surface area contributed by atoms with Crippen molar-refractivity contribution >= 4 is 11.9 Å². The van der Waals surface area contributed by atoms with Crippen LogP contribution in [0.3, 0.4) is 0 Å². The van der Waals surface area contributed by atoms with E-state index in [1.807, 2.05) is 0 Å². The van der Waals surface area contributed by atoms with Gasteiger partial charge in [0.2, 0.25) is 5.91 Å². The van der Waals surface area contributed by atoms with Gasteiger partial charge in [0, 0.05) is 31.7 Å². The number of esters is 1. The lowest BCUT2D eigenvalue weighted by Gasteiger charge is -2.65. The molecular weight excluding hydrogens is 386 g/mol. The zero-order valence-electron chi connectivity index (χ0n) is 19.5. The van der Waals surface area contributed by atoms with Crippen LogP contribution >= 0.6 is 0 Å². The standard InChI is InChI=1S/C27H37NO3/c1-17-7-9-19(10-8-17)27(31-18(2)29)16-22-26(4,15-12-23(30)28-22)21-11-14-25(3)13-5-6-20(25)24(21)27/h7-10,20-22,24H,5-6,11-16H2,1-4H3,(H,28,30)/t20-,21-,22+,24-,25-,26+,27+/m0/s1. The average molecular weight is 424 g/mol. The van der Waals surface area contributed by atoms with Crippen LogP contribution in [0.5, 0.6) is 0 Å². The monoisotopic (exact) mass is 423 g/mol. The highest BCUT2D eigenvalue weighted by molar-refractivity contribution is 5.77. The molecule has 0 radical (unpaired) electrons. The van der Waals surface area contributed by atoms with Gasteiger partial charge >= 0.3 is 5.97 Å². The summed E-state index contributed by atoms with van der Waals surface area (Å²) in [5, 5.41) is 3.34. The Labute approximate surface area is 186 Å². The molecule has 0 aromatic heterocycles. The van der Waals surface area contributed by atoms with E-state index >= 15 is 0 Å². The largest absolute Gasteiger partial charge is 0.454 e. The van der Waals surface area contributed by atoms with Crippen molar-refractivity contribution in [2.24, 2.45) is 28.6 Å². The Balaban J connectivity index is 1.71. The fourth-order valence-corrected chi connectivity index (χ4v) is 8.25. The van der Waals surface area contributed by atoms with E-state index in [0.717, 1.165) is 18.4 Å². The molecule has 1 aromatic rings. The molecule has 0 bridgehead atoms. The van der Waals surface area contributed by atoms with E-state index < -0.39 is 5.60 Å². The van der Waals surface area contributed by atoms with Gasteiger partial charge < -0.3 is 10.1 Å². The molecule has 3 aliphatic carbocycles. The molecule has 1 aromatic carbocycles. The first-order valence-electron chi connectivity index (χ1n) is 12.2. The number of amides is 1. The van der Waals surface area contributed by atoms with Gasteiger partial charge in [0.05, 0.1) is 0 Å². The lowest BCUT2D eigenvalue weighted by atomic mass is 9.43. The van der Waals surface area contributed by atoms with Crippen LogP contribution in [-0.2, 0) is 19.9 Å². The minimum Gasteiger partial charge on any atom is -0.454 e. The summed E-state index contributed by atoms with van der Waals surface area (Å²) in [5.41, 5.74) is 2.05. The van der Waals surface area contributed by atoms with Gasteiger partial charge in [0.1, 0.15) is 5.60 Å². The predicted molar refractivity (Wildman–Crippen MR) is 120 cm³/mol. The summed E-state index contributed by atoms with van der Waals surface area (Å²) in [7, 11) is 0. The Morgan fingerprint density at radius 1 is 1.06 bits per heavy atom. The summed E-state index contributed by atoms with van der Waals surface area (Å²) in [4.78, 5) is 25.0. The third-order valence-electron chi connectivity index (χ3n) is 9.83. The number of rotatable bonds is 2. The molecule has 3 saturated carbocycles. The minimum atomic E-state index is -0.671. The van der Waals surface area contributed by atoms with Crippen molar-refractivity contribution in [3.63, 3.8) is 0 Å². The number of piperidine rings is 1. The minimum absolute atomic E-state index is 0.0430. The van der Waals surface area contributed by atoms with Crippen molar-refractivity contribution in [2.75, 3.05) is 0 Å². The molecule has 1 saturated heterocycles. The highest BCUT2D eigenvalue weighted by atomic mass is 16.6. The molecule has 0 spiro atoms. The SMILES string of the molecule is CC(=O)O[C@@]1(c2ccc(C)cc2)C[C@H]2NC(=O)CC[C@]2(C)[C@H]2CC[C@]3(C)CCC[C@H]3[C@@H]21. The van der Waals surface area contributed by atoms with Gasteiger partial charge in [-0.15, -0.1) is 0 Å². The molecular formula is C27H37NO3. The Bertz CT molecular complexity index is 894. The zero-order valence-corrected chi connectivity index (χ0v) is 19.5. The average Bonchev–Trinajstić information content (AvgIpc) is 3.11. The predicted octanol–water partition coefficient (Wildman–Crippen LogP) is 5.27. The van der Waals surface area contributed by atoms with E-state index in [1.54, 1.807) is 6.92 Å². The van der Waals surface area contributed by atoms with Gasteiger partial charge in [0.15, 0.2) is 0 Å². The molecule has 4 heteroatoms. The molecule has 1 amide bonds. The highest BCUT2D eigenvalue weighted by Gasteiger charge is 2.67.